The Morgan fingerprint density at radius 2 is 1.63 bits per heavy atom. The van der Waals surface area contributed by atoms with Crippen LogP contribution in [0.2, 0.25) is 5.02 Å². The molecule has 0 aliphatic heterocycles. The quantitative estimate of drug-likeness (QED) is 0.123. The highest BCUT2D eigenvalue weighted by Gasteiger charge is 2.61. The molecule has 1 atom stereocenters. The number of imidazole rings is 1. The van der Waals surface area contributed by atoms with Gasteiger partial charge in [-0.05, 0) is 36.4 Å². The first-order chi connectivity index (χ1) is 19.7. The van der Waals surface area contributed by atoms with Gasteiger partial charge in [-0.3, -0.25) is 9.13 Å². The zero-order chi connectivity index (χ0) is 32.7. The lowest BCUT2D eigenvalue weighted by Crippen LogP contribution is -2.51. The third kappa shape index (κ3) is 6.38. The summed E-state index contributed by atoms with van der Waals surface area (Å²) in [6, 6.07) is 7.20. The lowest BCUT2D eigenvalue weighted by atomic mass is 9.82. The average Bonchev–Trinajstić information content (AvgIpc) is 3.10. The predicted octanol–water partition coefficient (Wildman–Crippen LogP) is 6.33. The van der Waals surface area contributed by atoms with Crippen LogP contribution in [0.1, 0.15) is 19.4 Å². The lowest BCUT2D eigenvalue weighted by Gasteiger charge is -2.40. The number of nitrogens with two attached hydrogens (primary N) is 1. The number of allylic oxidation sites excluding steroid dienone is 2. The molecule has 1 aromatic heterocycles. The molecule has 15 heteroatoms. The van der Waals surface area contributed by atoms with Crippen molar-refractivity contribution in [3.8, 4) is 11.5 Å². The third-order valence-corrected chi connectivity index (χ3v) is 6.92. The van der Waals surface area contributed by atoms with E-state index in [0.717, 1.165) is 18.2 Å². The number of benzene rings is 2. The topological polar surface area (TPSA) is 109 Å². The van der Waals surface area contributed by atoms with E-state index in [4.69, 9.17) is 31.9 Å². The van der Waals surface area contributed by atoms with Crippen molar-refractivity contribution in [2.24, 2.45) is 25.7 Å². The molecule has 3 aromatic rings. The molecule has 0 saturated carbocycles. The van der Waals surface area contributed by atoms with Crippen LogP contribution in [0, 0.1) is 5.92 Å². The van der Waals surface area contributed by atoms with Crippen molar-refractivity contribution in [2.45, 2.75) is 31.8 Å². The van der Waals surface area contributed by atoms with E-state index < -0.39 is 46.8 Å². The van der Waals surface area contributed by atoms with Gasteiger partial charge in [0.25, 0.3) is 0 Å². The molecule has 0 amide bonds. The molecule has 0 bridgehead atoms. The molecular formula is C28H26ClF6N3O5. The number of rotatable bonds is 9. The van der Waals surface area contributed by atoms with E-state index >= 15 is 0 Å². The van der Waals surface area contributed by atoms with Gasteiger partial charge in [0.2, 0.25) is 5.60 Å². The van der Waals surface area contributed by atoms with E-state index in [-0.39, 0.29) is 33.4 Å². The highest BCUT2D eigenvalue weighted by Crippen LogP contribution is 2.49. The van der Waals surface area contributed by atoms with Crippen molar-refractivity contribution in [3.63, 3.8) is 0 Å². The minimum atomic E-state index is -5.10. The smallest absolute Gasteiger partial charge is 0.432 e. The molecule has 8 nitrogen and oxygen atoms in total. The van der Waals surface area contributed by atoms with E-state index in [1.54, 1.807) is 0 Å². The van der Waals surface area contributed by atoms with Crippen LogP contribution in [-0.2, 0) is 24.5 Å². The number of carboxylic acids is 1. The number of aliphatic carboxylic acids is 1. The average molecular weight is 634 g/mol. The summed E-state index contributed by atoms with van der Waals surface area (Å²) in [5, 5.41) is 8.72. The summed E-state index contributed by atoms with van der Waals surface area (Å²) in [7, 11) is 2.93. The van der Waals surface area contributed by atoms with Crippen molar-refractivity contribution in [3.05, 3.63) is 93.2 Å². The lowest BCUT2D eigenvalue weighted by molar-refractivity contribution is -0.270. The zero-order valence-electron chi connectivity index (χ0n) is 23.1. The molecule has 0 spiro atoms. The van der Waals surface area contributed by atoms with Crippen LogP contribution in [0.3, 0.4) is 0 Å². The number of hydrogen-bond donors (Lipinski definition) is 2. The Labute approximate surface area is 245 Å². The first-order valence-electron chi connectivity index (χ1n) is 12.3. The normalized spacial score (nSPS) is 14.6. The zero-order valence-corrected chi connectivity index (χ0v) is 23.9. The Balaban J connectivity index is 1.98. The van der Waals surface area contributed by atoms with Crippen molar-refractivity contribution in [1.82, 2.24) is 9.13 Å². The highest BCUT2D eigenvalue weighted by atomic mass is 35.5. The summed E-state index contributed by atoms with van der Waals surface area (Å²) in [5.41, 5.74) is -1.18. The number of aryl methyl sites for hydroxylation is 2. The molecular weight excluding hydrogens is 608 g/mol. The summed E-state index contributed by atoms with van der Waals surface area (Å²) in [4.78, 5) is 23.5. The maximum atomic E-state index is 14.9. The molecule has 43 heavy (non-hydrogen) atoms. The van der Waals surface area contributed by atoms with Gasteiger partial charge >= 0.3 is 24.0 Å². The minimum absolute atomic E-state index is 0.0977. The van der Waals surface area contributed by atoms with Gasteiger partial charge in [0.15, 0.2) is 0 Å². The maximum absolute atomic E-state index is 14.9. The van der Waals surface area contributed by atoms with Crippen LogP contribution < -0.4 is 20.9 Å². The van der Waals surface area contributed by atoms with Crippen molar-refractivity contribution in [2.75, 3.05) is 0 Å². The highest BCUT2D eigenvalue weighted by molar-refractivity contribution is 6.32. The number of carboxylic acid groups (broad SMARTS) is 1. The van der Waals surface area contributed by atoms with Gasteiger partial charge < -0.3 is 20.3 Å². The standard InChI is InChI=1S/C28H26ClF6N3O5/c1-14(2)26(28(33,34)35,16-7-10-20-21(12-16)38(5)25(41)37(20)4)43-22-11-8-17(13-19(22)29)42-15(3)6-9-18(24(39)40)23(36)27(30,31)32/h6-14H,3,36H2,1-2,4-5H3,(H,39,40)/b9-6-,23-18+/t26-/m0/s1. The molecule has 0 radical (unpaired) electrons. The van der Waals surface area contributed by atoms with Gasteiger partial charge in [-0.15, -0.1) is 0 Å². The molecule has 1 heterocycles. The summed E-state index contributed by atoms with van der Waals surface area (Å²) < 4.78 is 96.6. The predicted molar refractivity (Wildman–Crippen MR) is 147 cm³/mol. The van der Waals surface area contributed by atoms with E-state index in [1.165, 1.54) is 61.3 Å². The van der Waals surface area contributed by atoms with Crippen LogP contribution in [0.25, 0.3) is 11.0 Å². The first kappa shape index (κ1) is 33.2. The van der Waals surface area contributed by atoms with E-state index in [0.29, 0.717) is 11.6 Å². The maximum Gasteiger partial charge on any atom is 0.432 e. The fourth-order valence-electron chi connectivity index (χ4n) is 4.39. The van der Waals surface area contributed by atoms with E-state index in [2.05, 4.69) is 6.58 Å². The monoisotopic (exact) mass is 633 g/mol. The molecule has 232 valence electrons. The van der Waals surface area contributed by atoms with Crippen LogP contribution in [-0.4, -0.2) is 32.6 Å². The number of aromatic nitrogens is 2. The van der Waals surface area contributed by atoms with Crippen molar-refractivity contribution < 1.29 is 45.7 Å². The Bertz CT molecular complexity index is 1700. The second-order valence-corrected chi connectivity index (χ2v) is 10.1. The van der Waals surface area contributed by atoms with Crippen molar-refractivity contribution >= 4 is 28.6 Å². The summed E-state index contributed by atoms with van der Waals surface area (Å²) >= 11 is 6.27. The molecule has 0 aliphatic rings. The van der Waals surface area contributed by atoms with Gasteiger partial charge in [0.05, 0.1) is 21.6 Å². The number of carbonyl (C=O) groups is 1. The number of halogens is 7. The van der Waals surface area contributed by atoms with Gasteiger partial charge in [0, 0.05) is 31.6 Å². The second-order valence-electron chi connectivity index (χ2n) is 9.72. The summed E-state index contributed by atoms with van der Waals surface area (Å²) in [5.74, 6) is -3.96. The van der Waals surface area contributed by atoms with Crippen LogP contribution in [0.4, 0.5) is 26.3 Å². The van der Waals surface area contributed by atoms with Gasteiger partial charge in [0.1, 0.15) is 23.0 Å². The largest absolute Gasteiger partial charge is 0.478 e. The Hall–Kier alpha value is -4.33. The Morgan fingerprint density at radius 1 is 1.02 bits per heavy atom. The number of alkyl halides is 6. The number of ether oxygens (including phenoxy) is 2. The van der Waals surface area contributed by atoms with Crippen LogP contribution in [0.5, 0.6) is 11.5 Å². The summed E-state index contributed by atoms with van der Waals surface area (Å²) in [6.45, 7) is 6.08. The van der Waals surface area contributed by atoms with Gasteiger partial charge in [-0.1, -0.05) is 38.1 Å². The Morgan fingerprint density at radius 3 is 2.14 bits per heavy atom. The summed E-state index contributed by atoms with van der Waals surface area (Å²) in [6.07, 6.45) is -8.73. The fraction of sp³-hybridized carbons (Fsp3) is 0.286. The number of hydrogen-bond acceptors (Lipinski definition) is 5. The second kappa shape index (κ2) is 11.7. The van der Waals surface area contributed by atoms with E-state index in [1.807, 2.05) is 0 Å². The molecule has 3 N–H and O–H groups in total. The van der Waals surface area contributed by atoms with Crippen LogP contribution >= 0.6 is 11.6 Å². The molecule has 0 fully saturated rings. The Kier molecular flexibility index (Phi) is 9.06. The third-order valence-electron chi connectivity index (χ3n) is 6.62. The SMILES string of the molecule is C=C(/C=C\C(C(=O)O)=C(/N)C(F)(F)F)Oc1ccc(O[C@](c2ccc3c(c2)n(C)c(=O)n3C)(C(C)C)C(F)(F)F)c(Cl)c1. The molecule has 3 rings (SSSR count). The fourth-order valence-corrected chi connectivity index (χ4v) is 4.60. The van der Waals surface area contributed by atoms with Crippen LogP contribution in [0.15, 0.2) is 77.0 Å². The van der Waals surface area contributed by atoms with Crippen molar-refractivity contribution in [1.29, 1.82) is 0 Å². The number of nitrogens with zero attached hydrogens (tertiary/aromatic N) is 2. The number of fused-ring (bicyclic) bond motifs is 1. The molecule has 2 aromatic carbocycles. The molecule has 0 aliphatic carbocycles. The molecule has 0 unspecified atom stereocenters. The molecule has 0 saturated heterocycles. The van der Waals surface area contributed by atoms with Gasteiger partial charge in [-0.2, -0.15) is 26.3 Å². The minimum Gasteiger partial charge on any atom is -0.478 e. The van der Waals surface area contributed by atoms with E-state index in [9.17, 15) is 35.9 Å². The first-order valence-corrected chi connectivity index (χ1v) is 12.7. The van der Waals surface area contributed by atoms with Gasteiger partial charge in [-0.25, -0.2) is 9.59 Å².